The van der Waals surface area contributed by atoms with Gasteiger partial charge in [-0.1, -0.05) is 12.1 Å². The summed E-state index contributed by atoms with van der Waals surface area (Å²) in [4.78, 5) is 0. The lowest BCUT2D eigenvalue weighted by Gasteiger charge is -2.09. The SMILES string of the molecule is O=S(=O)(Cc1ccc(F)cc1)NCCC(O)c1ccco1. The molecule has 2 rings (SSSR count). The lowest BCUT2D eigenvalue weighted by Crippen LogP contribution is -2.27. The summed E-state index contributed by atoms with van der Waals surface area (Å²) >= 11 is 0. The van der Waals surface area contributed by atoms with Crippen LogP contribution >= 0.6 is 0 Å². The van der Waals surface area contributed by atoms with E-state index in [2.05, 4.69) is 4.72 Å². The minimum Gasteiger partial charge on any atom is -0.467 e. The van der Waals surface area contributed by atoms with E-state index in [9.17, 15) is 17.9 Å². The van der Waals surface area contributed by atoms with Crippen LogP contribution in [-0.2, 0) is 15.8 Å². The fourth-order valence-electron chi connectivity index (χ4n) is 1.83. The number of hydrogen-bond donors (Lipinski definition) is 2. The van der Waals surface area contributed by atoms with E-state index < -0.39 is 21.9 Å². The molecule has 0 amide bonds. The first-order chi connectivity index (χ1) is 9.96. The van der Waals surface area contributed by atoms with Crippen molar-refractivity contribution in [2.24, 2.45) is 0 Å². The van der Waals surface area contributed by atoms with Crippen molar-refractivity contribution in [3.8, 4) is 0 Å². The summed E-state index contributed by atoms with van der Waals surface area (Å²) in [6.07, 6.45) is 0.793. The van der Waals surface area contributed by atoms with Gasteiger partial charge in [0.2, 0.25) is 10.0 Å². The third-order valence-corrected chi connectivity index (χ3v) is 4.24. The van der Waals surface area contributed by atoms with Crippen LogP contribution in [0.2, 0.25) is 0 Å². The molecule has 21 heavy (non-hydrogen) atoms. The van der Waals surface area contributed by atoms with Gasteiger partial charge in [-0.25, -0.2) is 17.5 Å². The molecule has 5 nitrogen and oxygen atoms in total. The summed E-state index contributed by atoms with van der Waals surface area (Å²) in [5.74, 6) is -0.247. The van der Waals surface area contributed by atoms with Crippen LogP contribution in [0, 0.1) is 5.82 Å². The maximum absolute atomic E-state index is 12.7. The summed E-state index contributed by atoms with van der Waals surface area (Å²) < 4.78 is 43.8. The molecule has 0 aliphatic heterocycles. The van der Waals surface area contributed by atoms with E-state index in [4.69, 9.17) is 4.42 Å². The lowest BCUT2D eigenvalue weighted by molar-refractivity contribution is 0.142. The van der Waals surface area contributed by atoms with Crippen molar-refractivity contribution in [3.05, 3.63) is 59.8 Å². The predicted molar refractivity (Wildman–Crippen MR) is 75.3 cm³/mol. The summed E-state index contributed by atoms with van der Waals surface area (Å²) in [5, 5.41) is 9.76. The highest BCUT2D eigenvalue weighted by Crippen LogP contribution is 2.16. The fraction of sp³-hybridized carbons (Fsp3) is 0.286. The van der Waals surface area contributed by atoms with E-state index in [1.54, 1.807) is 12.1 Å². The smallest absolute Gasteiger partial charge is 0.215 e. The van der Waals surface area contributed by atoms with Gasteiger partial charge in [0.15, 0.2) is 0 Å². The summed E-state index contributed by atoms with van der Waals surface area (Å²) in [7, 11) is -3.53. The van der Waals surface area contributed by atoms with E-state index in [1.165, 1.54) is 30.5 Å². The predicted octanol–water partition coefficient (Wildman–Crippen LogP) is 1.96. The first kappa shape index (κ1) is 15.7. The monoisotopic (exact) mass is 313 g/mol. The molecule has 0 radical (unpaired) electrons. The normalized spacial score (nSPS) is 13.2. The van der Waals surface area contributed by atoms with Crippen molar-refractivity contribution in [1.29, 1.82) is 0 Å². The molecule has 114 valence electrons. The molecule has 2 N–H and O–H groups in total. The maximum Gasteiger partial charge on any atom is 0.215 e. The molecule has 0 bridgehead atoms. The molecule has 0 saturated heterocycles. The van der Waals surface area contributed by atoms with Crippen LogP contribution in [0.3, 0.4) is 0 Å². The standard InChI is InChI=1S/C14H16FNO4S/c15-12-5-3-11(4-6-12)10-21(18,19)16-8-7-13(17)14-2-1-9-20-14/h1-6,9,13,16-17H,7-8,10H2. The molecule has 2 aromatic rings. The summed E-state index contributed by atoms with van der Waals surface area (Å²) in [6.45, 7) is 0.0887. The number of aliphatic hydroxyl groups is 1. The van der Waals surface area contributed by atoms with Gasteiger partial charge in [-0.2, -0.15) is 0 Å². The number of aliphatic hydroxyl groups excluding tert-OH is 1. The Labute approximate surface area is 122 Å². The Morgan fingerprint density at radius 2 is 1.95 bits per heavy atom. The zero-order valence-electron chi connectivity index (χ0n) is 11.2. The Morgan fingerprint density at radius 3 is 2.57 bits per heavy atom. The van der Waals surface area contributed by atoms with Crippen LogP contribution in [0.1, 0.15) is 23.8 Å². The molecule has 1 unspecified atom stereocenters. The first-order valence-electron chi connectivity index (χ1n) is 6.39. The number of rotatable bonds is 7. The average Bonchev–Trinajstić information content (AvgIpc) is 2.95. The van der Waals surface area contributed by atoms with Gasteiger partial charge in [0.1, 0.15) is 17.7 Å². The van der Waals surface area contributed by atoms with Crippen molar-refractivity contribution in [3.63, 3.8) is 0 Å². The Morgan fingerprint density at radius 1 is 1.24 bits per heavy atom. The number of sulfonamides is 1. The number of benzene rings is 1. The molecular weight excluding hydrogens is 297 g/mol. The van der Waals surface area contributed by atoms with Gasteiger partial charge in [-0.3, -0.25) is 0 Å². The molecule has 1 aromatic heterocycles. The Bertz CT molecular complexity index is 653. The topological polar surface area (TPSA) is 79.5 Å². The second-order valence-electron chi connectivity index (χ2n) is 4.60. The highest BCUT2D eigenvalue weighted by atomic mass is 32.2. The molecule has 0 aliphatic carbocycles. The first-order valence-corrected chi connectivity index (χ1v) is 8.05. The largest absolute Gasteiger partial charge is 0.467 e. The maximum atomic E-state index is 12.7. The zero-order valence-corrected chi connectivity index (χ0v) is 12.0. The van der Waals surface area contributed by atoms with Gasteiger partial charge in [0.05, 0.1) is 12.0 Å². The third kappa shape index (κ3) is 4.96. The Hall–Kier alpha value is -1.70. The Kier molecular flexibility index (Phi) is 5.11. The molecule has 0 fully saturated rings. The minimum absolute atomic E-state index is 0.0887. The van der Waals surface area contributed by atoms with Gasteiger partial charge in [-0.05, 0) is 36.2 Å². The van der Waals surface area contributed by atoms with Crippen molar-refractivity contribution in [2.75, 3.05) is 6.54 Å². The van der Waals surface area contributed by atoms with Crippen LogP contribution in [0.15, 0.2) is 47.1 Å². The van der Waals surface area contributed by atoms with Crippen LogP contribution in [0.25, 0.3) is 0 Å². The summed E-state index contributed by atoms with van der Waals surface area (Å²) in [6, 6.07) is 8.55. The second kappa shape index (κ2) is 6.84. The molecule has 7 heteroatoms. The zero-order chi connectivity index (χ0) is 15.3. The minimum atomic E-state index is -3.53. The van der Waals surface area contributed by atoms with Crippen molar-refractivity contribution in [2.45, 2.75) is 18.3 Å². The lowest BCUT2D eigenvalue weighted by atomic mass is 10.2. The van der Waals surface area contributed by atoms with Crippen molar-refractivity contribution < 1.29 is 22.3 Å². The van der Waals surface area contributed by atoms with Gasteiger partial charge in [-0.15, -0.1) is 0 Å². The molecule has 1 aromatic carbocycles. The molecule has 0 saturated carbocycles. The van der Waals surface area contributed by atoms with E-state index in [-0.39, 0.29) is 18.7 Å². The van der Waals surface area contributed by atoms with Gasteiger partial charge < -0.3 is 9.52 Å². The van der Waals surface area contributed by atoms with Gasteiger partial charge >= 0.3 is 0 Å². The number of furan rings is 1. The van der Waals surface area contributed by atoms with E-state index in [0.29, 0.717) is 11.3 Å². The molecular formula is C14H16FNO4S. The van der Waals surface area contributed by atoms with Gasteiger partial charge in [0.25, 0.3) is 0 Å². The average molecular weight is 313 g/mol. The molecule has 0 aliphatic rings. The second-order valence-corrected chi connectivity index (χ2v) is 6.41. The highest BCUT2D eigenvalue weighted by molar-refractivity contribution is 7.88. The van der Waals surface area contributed by atoms with E-state index >= 15 is 0 Å². The van der Waals surface area contributed by atoms with Crippen LogP contribution in [0.5, 0.6) is 0 Å². The number of nitrogens with one attached hydrogen (secondary N) is 1. The number of halogens is 1. The van der Waals surface area contributed by atoms with Crippen LogP contribution in [0.4, 0.5) is 4.39 Å². The summed E-state index contributed by atoms with van der Waals surface area (Å²) in [5.41, 5.74) is 0.496. The molecule has 1 heterocycles. The molecule has 0 spiro atoms. The van der Waals surface area contributed by atoms with E-state index in [0.717, 1.165) is 0 Å². The Balaban J connectivity index is 1.82. The fourth-order valence-corrected chi connectivity index (χ4v) is 2.99. The van der Waals surface area contributed by atoms with Gasteiger partial charge in [0, 0.05) is 6.54 Å². The van der Waals surface area contributed by atoms with Crippen molar-refractivity contribution in [1.82, 2.24) is 4.72 Å². The third-order valence-electron chi connectivity index (χ3n) is 2.88. The quantitative estimate of drug-likeness (QED) is 0.819. The van der Waals surface area contributed by atoms with E-state index in [1.807, 2.05) is 0 Å². The van der Waals surface area contributed by atoms with Crippen LogP contribution < -0.4 is 4.72 Å². The van der Waals surface area contributed by atoms with Crippen LogP contribution in [-0.4, -0.2) is 20.1 Å². The molecule has 1 atom stereocenters. The highest BCUT2D eigenvalue weighted by Gasteiger charge is 2.14. The number of hydrogen-bond acceptors (Lipinski definition) is 4. The van der Waals surface area contributed by atoms with Crippen molar-refractivity contribution >= 4 is 10.0 Å².